The van der Waals surface area contributed by atoms with Gasteiger partial charge in [0, 0.05) is 11.6 Å². The van der Waals surface area contributed by atoms with E-state index in [9.17, 15) is 9.90 Å². The first-order valence-electron chi connectivity index (χ1n) is 8.10. The highest BCUT2D eigenvalue weighted by molar-refractivity contribution is 5.99. The van der Waals surface area contributed by atoms with Crippen LogP contribution in [0.5, 0.6) is 5.75 Å². The van der Waals surface area contributed by atoms with E-state index in [-0.39, 0.29) is 18.6 Å². The Bertz CT molecular complexity index is 740. The molecule has 2 aromatic carbocycles. The topological polar surface area (TPSA) is 58.6 Å². The first-order valence-corrected chi connectivity index (χ1v) is 8.10. The number of aliphatic hydroxyl groups is 1. The average Bonchev–Trinajstić information content (AvgIpc) is 2.61. The Balaban J connectivity index is 1.60. The summed E-state index contributed by atoms with van der Waals surface area (Å²) in [5.41, 5.74) is 2.35. The molecule has 2 aromatic rings. The van der Waals surface area contributed by atoms with Crippen molar-refractivity contribution in [2.75, 3.05) is 6.61 Å². The van der Waals surface area contributed by atoms with Gasteiger partial charge in [-0.2, -0.15) is 0 Å². The molecule has 24 heavy (non-hydrogen) atoms. The molecule has 2 atom stereocenters. The van der Waals surface area contributed by atoms with Gasteiger partial charge in [-0.1, -0.05) is 48.5 Å². The van der Waals surface area contributed by atoms with Gasteiger partial charge in [0.15, 0.2) is 0 Å². The van der Waals surface area contributed by atoms with E-state index in [4.69, 9.17) is 4.74 Å². The largest absolute Gasteiger partial charge is 0.488 e. The summed E-state index contributed by atoms with van der Waals surface area (Å²) >= 11 is 0. The first kappa shape index (κ1) is 16.3. The Kier molecular flexibility index (Phi) is 4.96. The molecule has 0 fully saturated rings. The summed E-state index contributed by atoms with van der Waals surface area (Å²) in [5, 5.41) is 13.2. The summed E-state index contributed by atoms with van der Waals surface area (Å²) in [7, 11) is 0. The van der Waals surface area contributed by atoms with Crippen molar-refractivity contribution >= 4 is 12.0 Å². The molecule has 0 saturated carbocycles. The van der Waals surface area contributed by atoms with Crippen LogP contribution < -0.4 is 10.1 Å². The number of rotatable bonds is 5. The minimum Gasteiger partial charge on any atom is -0.488 e. The quantitative estimate of drug-likeness (QED) is 0.889. The number of ether oxygens (including phenoxy) is 1. The van der Waals surface area contributed by atoms with Gasteiger partial charge in [-0.25, -0.2) is 0 Å². The summed E-state index contributed by atoms with van der Waals surface area (Å²) in [5.74, 6) is 0.638. The van der Waals surface area contributed by atoms with Gasteiger partial charge in [0.2, 0.25) is 0 Å². The van der Waals surface area contributed by atoms with Crippen molar-refractivity contribution in [2.24, 2.45) is 0 Å². The fraction of sp³-hybridized carbons (Fsp3) is 0.250. The molecule has 1 heterocycles. The number of aliphatic hydroxyl groups excluding tert-OH is 1. The van der Waals surface area contributed by atoms with E-state index in [1.165, 1.54) is 0 Å². The fourth-order valence-electron chi connectivity index (χ4n) is 2.77. The molecule has 3 rings (SSSR count). The lowest BCUT2D eigenvalue weighted by atomic mass is 10.0. The van der Waals surface area contributed by atoms with Crippen LogP contribution in [-0.4, -0.2) is 23.7 Å². The Labute approximate surface area is 141 Å². The lowest BCUT2D eigenvalue weighted by Gasteiger charge is -2.21. The molecule has 4 nitrogen and oxygen atoms in total. The summed E-state index contributed by atoms with van der Waals surface area (Å²) in [6, 6.07) is 16.9. The van der Waals surface area contributed by atoms with Gasteiger partial charge in [-0.05, 0) is 31.1 Å². The summed E-state index contributed by atoms with van der Waals surface area (Å²) in [6.07, 6.45) is 1.72. The fourth-order valence-corrected chi connectivity index (χ4v) is 2.77. The van der Waals surface area contributed by atoms with E-state index < -0.39 is 6.10 Å². The lowest BCUT2D eigenvalue weighted by Crippen LogP contribution is -2.36. The van der Waals surface area contributed by atoms with Crippen LogP contribution in [0.4, 0.5) is 0 Å². The van der Waals surface area contributed by atoms with Crippen LogP contribution in [0, 0.1) is 0 Å². The van der Waals surface area contributed by atoms with Crippen molar-refractivity contribution in [3.63, 3.8) is 0 Å². The van der Waals surface area contributed by atoms with E-state index in [1.807, 2.05) is 67.6 Å². The molecule has 0 aromatic heterocycles. The number of hydrogen-bond acceptors (Lipinski definition) is 3. The van der Waals surface area contributed by atoms with Crippen LogP contribution >= 0.6 is 0 Å². The Morgan fingerprint density at radius 2 is 1.88 bits per heavy atom. The molecule has 0 saturated heterocycles. The highest BCUT2D eigenvalue weighted by atomic mass is 16.5. The van der Waals surface area contributed by atoms with E-state index in [0.29, 0.717) is 12.0 Å². The number of nitrogens with one attached hydrogen (secondary N) is 1. The van der Waals surface area contributed by atoms with Crippen molar-refractivity contribution in [2.45, 2.75) is 25.5 Å². The molecular weight excluding hydrogens is 302 g/mol. The first-order chi connectivity index (χ1) is 11.6. The normalized spacial score (nSPS) is 15.5. The SMILES string of the molecule is CC(CC(O)c1ccccc1)NC(=O)C1=Cc2ccccc2OC1. The summed E-state index contributed by atoms with van der Waals surface area (Å²) in [4.78, 5) is 12.4. The molecule has 4 heteroatoms. The molecule has 124 valence electrons. The number of carbonyl (C=O) groups is 1. The van der Waals surface area contributed by atoms with E-state index in [0.717, 1.165) is 16.9 Å². The monoisotopic (exact) mass is 323 g/mol. The van der Waals surface area contributed by atoms with Crippen molar-refractivity contribution in [1.29, 1.82) is 0 Å². The van der Waals surface area contributed by atoms with E-state index in [2.05, 4.69) is 5.32 Å². The molecule has 0 aliphatic carbocycles. The minimum absolute atomic E-state index is 0.147. The van der Waals surface area contributed by atoms with Crippen molar-refractivity contribution in [3.05, 3.63) is 71.3 Å². The van der Waals surface area contributed by atoms with Crippen LogP contribution in [0.25, 0.3) is 6.08 Å². The van der Waals surface area contributed by atoms with Crippen molar-refractivity contribution < 1.29 is 14.6 Å². The smallest absolute Gasteiger partial charge is 0.250 e. The zero-order valence-electron chi connectivity index (χ0n) is 13.6. The predicted octanol–water partition coefficient (Wildman–Crippen LogP) is 3.09. The molecule has 1 aliphatic rings. The van der Waals surface area contributed by atoms with Gasteiger partial charge in [0.1, 0.15) is 12.4 Å². The molecular formula is C20H21NO3. The van der Waals surface area contributed by atoms with Crippen LogP contribution in [0.2, 0.25) is 0 Å². The van der Waals surface area contributed by atoms with Gasteiger partial charge in [-0.3, -0.25) is 4.79 Å². The average molecular weight is 323 g/mol. The second kappa shape index (κ2) is 7.32. The Morgan fingerprint density at radius 3 is 2.67 bits per heavy atom. The molecule has 0 bridgehead atoms. The van der Waals surface area contributed by atoms with Gasteiger partial charge >= 0.3 is 0 Å². The van der Waals surface area contributed by atoms with Crippen LogP contribution in [0.1, 0.15) is 30.6 Å². The van der Waals surface area contributed by atoms with Crippen molar-refractivity contribution in [1.82, 2.24) is 5.32 Å². The molecule has 1 amide bonds. The minimum atomic E-state index is -0.598. The maximum absolute atomic E-state index is 12.4. The third-order valence-electron chi connectivity index (χ3n) is 4.06. The Hall–Kier alpha value is -2.59. The van der Waals surface area contributed by atoms with Gasteiger partial charge in [-0.15, -0.1) is 0 Å². The predicted molar refractivity (Wildman–Crippen MR) is 93.5 cm³/mol. The number of carbonyl (C=O) groups excluding carboxylic acids is 1. The highest BCUT2D eigenvalue weighted by Gasteiger charge is 2.20. The molecule has 2 N–H and O–H groups in total. The second-order valence-electron chi connectivity index (χ2n) is 6.03. The highest BCUT2D eigenvalue weighted by Crippen LogP contribution is 2.26. The zero-order valence-corrected chi connectivity index (χ0v) is 13.6. The zero-order chi connectivity index (χ0) is 16.9. The number of fused-ring (bicyclic) bond motifs is 1. The maximum atomic E-state index is 12.4. The number of amides is 1. The summed E-state index contributed by atoms with van der Waals surface area (Å²) in [6.45, 7) is 2.15. The van der Waals surface area contributed by atoms with Crippen molar-refractivity contribution in [3.8, 4) is 5.75 Å². The van der Waals surface area contributed by atoms with Gasteiger partial charge in [0.05, 0.1) is 11.7 Å². The third-order valence-corrected chi connectivity index (χ3v) is 4.06. The lowest BCUT2D eigenvalue weighted by molar-refractivity contribution is -0.118. The Morgan fingerprint density at radius 1 is 1.17 bits per heavy atom. The summed E-state index contributed by atoms with van der Waals surface area (Å²) < 4.78 is 5.61. The van der Waals surface area contributed by atoms with Gasteiger partial charge < -0.3 is 15.2 Å². The molecule has 0 radical (unpaired) electrons. The van der Waals surface area contributed by atoms with Crippen LogP contribution in [0.3, 0.4) is 0 Å². The van der Waals surface area contributed by atoms with E-state index in [1.54, 1.807) is 0 Å². The third kappa shape index (κ3) is 3.84. The molecule has 1 aliphatic heterocycles. The van der Waals surface area contributed by atoms with Gasteiger partial charge in [0.25, 0.3) is 5.91 Å². The standard InChI is InChI=1S/C20H21NO3/c1-14(11-18(22)15-7-3-2-4-8-15)21-20(23)17-12-16-9-5-6-10-19(16)24-13-17/h2-10,12,14,18,22H,11,13H2,1H3,(H,21,23). The maximum Gasteiger partial charge on any atom is 0.250 e. The van der Waals surface area contributed by atoms with E-state index >= 15 is 0 Å². The molecule has 0 spiro atoms. The second-order valence-corrected chi connectivity index (χ2v) is 6.03. The number of benzene rings is 2. The number of hydrogen-bond donors (Lipinski definition) is 2. The van der Waals surface area contributed by atoms with Crippen LogP contribution in [-0.2, 0) is 4.79 Å². The number of para-hydroxylation sites is 1. The van der Waals surface area contributed by atoms with Crippen LogP contribution in [0.15, 0.2) is 60.2 Å². The molecule has 2 unspecified atom stereocenters.